The first-order chi connectivity index (χ1) is 24.0. The van der Waals surface area contributed by atoms with Crippen molar-refractivity contribution in [1.82, 2.24) is 0 Å². The van der Waals surface area contributed by atoms with Crippen molar-refractivity contribution in [2.45, 2.75) is 40.5 Å². The van der Waals surface area contributed by atoms with E-state index in [4.69, 9.17) is 0 Å². The number of fused-ring (bicyclic) bond motifs is 2. The Morgan fingerprint density at radius 2 is 1.29 bits per heavy atom. The average molecular weight is 633 g/mol. The lowest BCUT2D eigenvalue weighted by atomic mass is 9.34. The van der Waals surface area contributed by atoms with Gasteiger partial charge in [0.25, 0.3) is 0 Å². The van der Waals surface area contributed by atoms with Gasteiger partial charge in [-0.3, -0.25) is 0 Å². The van der Waals surface area contributed by atoms with Crippen LogP contribution in [0.25, 0.3) is 11.1 Å². The van der Waals surface area contributed by atoms with Crippen molar-refractivity contribution in [3.8, 4) is 11.1 Å². The number of aryl methyl sites for hydroxylation is 3. The summed E-state index contributed by atoms with van der Waals surface area (Å²) in [6, 6.07) is 49.1. The first kappa shape index (κ1) is 30.8. The fourth-order valence-corrected chi connectivity index (χ4v) is 7.98. The molecule has 0 atom stereocenters. The molecular formula is C46H41BN2. The van der Waals surface area contributed by atoms with E-state index in [2.05, 4.69) is 189 Å². The number of hydrogen-bond acceptors (Lipinski definition) is 2. The van der Waals surface area contributed by atoms with Crippen molar-refractivity contribution in [3.05, 3.63) is 180 Å². The SMILES string of the molecule is Cc1cc(N(C2=CCCC=C2)c2cccc(-c3ccccc3C)c2C)ccc1B1c2ccccc2N(c2ccccc2)c2cccc(C)c21. The lowest BCUT2D eigenvalue weighted by molar-refractivity contribution is 0.995. The van der Waals surface area contributed by atoms with Gasteiger partial charge >= 0.3 is 0 Å². The molecule has 2 aliphatic rings. The Bertz CT molecular complexity index is 2250. The van der Waals surface area contributed by atoms with Crippen molar-refractivity contribution in [2.75, 3.05) is 9.80 Å². The molecule has 0 radical (unpaired) electrons. The largest absolute Gasteiger partial charge is 0.312 e. The molecule has 2 nitrogen and oxygen atoms in total. The summed E-state index contributed by atoms with van der Waals surface area (Å²) in [6.07, 6.45) is 9.11. The third-order valence-corrected chi connectivity index (χ3v) is 10.4. The van der Waals surface area contributed by atoms with Crippen molar-refractivity contribution >= 4 is 51.5 Å². The van der Waals surface area contributed by atoms with Crippen LogP contribution in [0.3, 0.4) is 0 Å². The smallest absolute Gasteiger partial charge is 0.247 e. The third kappa shape index (κ3) is 5.40. The summed E-state index contributed by atoms with van der Waals surface area (Å²) in [7, 11) is 0. The van der Waals surface area contributed by atoms with Gasteiger partial charge in [0.05, 0.1) is 0 Å². The van der Waals surface area contributed by atoms with Gasteiger partial charge in [0.15, 0.2) is 0 Å². The van der Waals surface area contributed by atoms with E-state index < -0.39 is 0 Å². The summed E-state index contributed by atoms with van der Waals surface area (Å²) in [5.41, 5.74) is 19.1. The molecule has 0 unspecified atom stereocenters. The second-order valence-corrected chi connectivity index (χ2v) is 13.4. The monoisotopic (exact) mass is 632 g/mol. The quantitative estimate of drug-likeness (QED) is 0.168. The average Bonchev–Trinajstić information content (AvgIpc) is 3.13. The van der Waals surface area contributed by atoms with E-state index in [0.717, 1.165) is 12.8 Å². The summed E-state index contributed by atoms with van der Waals surface area (Å²) in [6.45, 7) is 9.16. The third-order valence-electron chi connectivity index (χ3n) is 10.4. The van der Waals surface area contributed by atoms with Crippen LogP contribution < -0.4 is 26.2 Å². The predicted octanol–water partition coefficient (Wildman–Crippen LogP) is 10.3. The number of nitrogens with zero attached hydrogens (tertiary/aromatic N) is 2. The Morgan fingerprint density at radius 1 is 0.571 bits per heavy atom. The Morgan fingerprint density at radius 3 is 2.08 bits per heavy atom. The lowest BCUT2D eigenvalue weighted by Crippen LogP contribution is -2.58. The minimum atomic E-state index is 0.120. The molecule has 0 saturated heterocycles. The van der Waals surface area contributed by atoms with E-state index in [1.165, 1.54) is 83.9 Å². The zero-order chi connectivity index (χ0) is 33.5. The van der Waals surface area contributed by atoms with E-state index in [1.807, 2.05) is 0 Å². The normalized spacial score (nSPS) is 13.5. The molecule has 6 aromatic carbocycles. The van der Waals surface area contributed by atoms with Crippen LogP contribution in [0.2, 0.25) is 0 Å². The summed E-state index contributed by atoms with van der Waals surface area (Å²) in [5.74, 6) is 0. The lowest BCUT2D eigenvalue weighted by Gasteiger charge is -2.38. The fraction of sp³-hybridized carbons (Fsp3) is 0.130. The van der Waals surface area contributed by atoms with Crippen molar-refractivity contribution in [1.29, 1.82) is 0 Å². The maximum absolute atomic E-state index is 2.47. The summed E-state index contributed by atoms with van der Waals surface area (Å²) >= 11 is 0. The summed E-state index contributed by atoms with van der Waals surface area (Å²) < 4.78 is 0. The maximum Gasteiger partial charge on any atom is 0.247 e. The molecule has 0 aromatic heterocycles. The molecule has 1 aliphatic heterocycles. The van der Waals surface area contributed by atoms with Gasteiger partial charge in [-0.25, -0.2) is 0 Å². The number of para-hydroxylation sites is 2. The van der Waals surface area contributed by atoms with Crippen LogP contribution >= 0.6 is 0 Å². The zero-order valence-corrected chi connectivity index (χ0v) is 28.8. The molecule has 3 heteroatoms. The van der Waals surface area contributed by atoms with Gasteiger partial charge in [-0.1, -0.05) is 120 Å². The molecule has 8 rings (SSSR count). The van der Waals surface area contributed by atoms with Crippen LogP contribution in [-0.4, -0.2) is 6.71 Å². The first-order valence-corrected chi connectivity index (χ1v) is 17.5. The number of rotatable bonds is 6. The summed E-state index contributed by atoms with van der Waals surface area (Å²) in [4.78, 5) is 4.90. The van der Waals surface area contributed by atoms with Gasteiger partial charge in [-0.15, -0.1) is 0 Å². The highest BCUT2D eigenvalue weighted by molar-refractivity contribution is 6.98. The van der Waals surface area contributed by atoms with Crippen LogP contribution in [0.4, 0.5) is 28.4 Å². The maximum atomic E-state index is 2.47. The van der Waals surface area contributed by atoms with Crippen molar-refractivity contribution in [2.24, 2.45) is 0 Å². The van der Waals surface area contributed by atoms with Gasteiger partial charge in [0.1, 0.15) is 0 Å². The van der Waals surface area contributed by atoms with Gasteiger partial charge in [0.2, 0.25) is 6.71 Å². The van der Waals surface area contributed by atoms with Crippen molar-refractivity contribution in [3.63, 3.8) is 0 Å². The molecule has 1 aliphatic carbocycles. The van der Waals surface area contributed by atoms with Gasteiger partial charge in [-0.2, -0.15) is 0 Å². The minimum absolute atomic E-state index is 0.120. The van der Waals surface area contributed by atoms with E-state index in [-0.39, 0.29) is 6.71 Å². The Hall–Kier alpha value is -5.54. The minimum Gasteiger partial charge on any atom is -0.312 e. The van der Waals surface area contributed by atoms with Gasteiger partial charge < -0.3 is 9.80 Å². The molecule has 0 saturated carbocycles. The van der Waals surface area contributed by atoms with Crippen LogP contribution in [0.15, 0.2) is 157 Å². The summed E-state index contributed by atoms with van der Waals surface area (Å²) in [5, 5.41) is 0. The molecule has 0 N–H and O–H groups in total. The number of hydrogen-bond donors (Lipinski definition) is 0. The molecule has 1 heterocycles. The fourth-order valence-electron chi connectivity index (χ4n) is 7.98. The number of benzene rings is 6. The standard InChI is InChI=1S/C46H41BN2/c1-32-17-11-12-23-39(32)40-24-16-27-43(35(40)4)48(36-19-7-5-8-20-36)38-29-30-41(34(3)31-38)47-42-25-13-14-26-44(42)49(37-21-9-6-10-22-37)45-28-15-18-33(2)46(45)47/h6-7,9-31H,5,8H2,1-4H3. The predicted molar refractivity (Wildman–Crippen MR) is 212 cm³/mol. The van der Waals surface area contributed by atoms with Gasteiger partial charge in [-0.05, 0) is 122 Å². The molecule has 6 aromatic rings. The van der Waals surface area contributed by atoms with Crippen LogP contribution in [-0.2, 0) is 0 Å². The van der Waals surface area contributed by atoms with E-state index in [0.29, 0.717) is 0 Å². The second-order valence-electron chi connectivity index (χ2n) is 13.4. The molecule has 49 heavy (non-hydrogen) atoms. The molecule has 0 amide bonds. The molecule has 0 fully saturated rings. The van der Waals surface area contributed by atoms with Crippen LogP contribution in [0.1, 0.15) is 35.1 Å². The molecule has 0 bridgehead atoms. The number of allylic oxidation sites excluding steroid dienone is 3. The van der Waals surface area contributed by atoms with Crippen molar-refractivity contribution < 1.29 is 0 Å². The highest BCUT2D eigenvalue weighted by atomic mass is 15.2. The van der Waals surface area contributed by atoms with E-state index in [9.17, 15) is 0 Å². The van der Waals surface area contributed by atoms with Crippen LogP contribution in [0, 0.1) is 27.7 Å². The first-order valence-electron chi connectivity index (χ1n) is 17.5. The highest BCUT2D eigenvalue weighted by Gasteiger charge is 2.37. The second kappa shape index (κ2) is 12.8. The number of anilines is 5. The Kier molecular flexibility index (Phi) is 8.05. The van der Waals surface area contributed by atoms with E-state index in [1.54, 1.807) is 0 Å². The zero-order valence-electron chi connectivity index (χ0n) is 28.8. The highest BCUT2D eigenvalue weighted by Crippen LogP contribution is 2.40. The molecule has 0 spiro atoms. The molecule has 238 valence electrons. The Labute approximate surface area is 291 Å². The van der Waals surface area contributed by atoms with Crippen LogP contribution in [0.5, 0.6) is 0 Å². The topological polar surface area (TPSA) is 6.48 Å². The molecular weight excluding hydrogens is 591 g/mol. The van der Waals surface area contributed by atoms with E-state index >= 15 is 0 Å². The Balaban J connectivity index is 1.28. The van der Waals surface area contributed by atoms with Gasteiger partial charge in [0, 0.05) is 34.1 Å².